The normalized spacial score (nSPS) is 11.2. The molecule has 28 heavy (non-hydrogen) atoms. The van der Waals surface area contributed by atoms with E-state index >= 15 is 0 Å². The van der Waals surface area contributed by atoms with Crippen LogP contribution in [0.1, 0.15) is 16.7 Å². The van der Waals surface area contributed by atoms with Gasteiger partial charge in [-0.1, -0.05) is 12.1 Å². The number of nitrogens with zero attached hydrogens (tertiary/aromatic N) is 1. The molecule has 0 saturated heterocycles. The van der Waals surface area contributed by atoms with Crippen molar-refractivity contribution in [1.82, 2.24) is 10.0 Å². The lowest BCUT2D eigenvalue weighted by atomic mass is 10.1. The lowest BCUT2D eigenvalue weighted by molar-refractivity contribution is -0.385. The number of hydrogen-bond donors (Lipinski definition) is 2. The summed E-state index contributed by atoms with van der Waals surface area (Å²) in [6, 6.07) is 7.80. The molecule has 0 saturated carbocycles. The second kappa shape index (κ2) is 8.89. The summed E-state index contributed by atoms with van der Waals surface area (Å²) in [6.45, 7) is 3.11. The predicted molar refractivity (Wildman–Crippen MR) is 101 cm³/mol. The summed E-state index contributed by atoms with van der Waals surface area (Å²) in [5.74, 6) is -0.738. The van der Waals surface area contributed by atoms with Gasteiger partial charge in [0.2, 0.25) is 15.9 Å². The van der Waals surface area contributed by atoms with Gasteiger partial charge < -0.3 is 5.32 Å². The Hall–Kier alpha value is -2.85. The maximum Gasteiger partial charge on any atom is 0.271 e. The Bertz CT molecular complexity index is 991. The minimum Gasteiger partial charge on any atom is -0.355 e. The maximum atomic E-state index is 12.8. The Morgan fingerprint density at radius 3 is 2.39 bits per heavy atom. The van der Waals surface area contributed by atoms with Crippen LogP contribution in [0.15, 0.2) is 41.3 Å². The van der Waals surface area contributed by atoms with Gasteiger partial charge in [0.05, 0.1) is 16.2 Å². The van der Waals surface area contributed by atoms with Crippen LogP contribution in [-0.2, 0) is 21.2 Å². The average Bonchev–Trinajstić information content (AvgIpc) is 2.62. The highest BCUT2D eigenvalue weighted by atomic mass is 32.2. The predicted octanol–water partition coefficient (Wildman–Crippen LogP) is 1.99. The van der Waals surface area contributed by atoms with E-state index in [1.807, 2.05) is 0 Å². The highest BCUT2D eigenvalue weighted by molar-refractivity contribution is 7.89. The summed E-state index contributed by atoms with van der Waals surface area (Å²) in [7, 11) is -3.98. The largest absolute Gasteiger partial charge is 0.355 e. The average molecular weight is 409 g/mol. The van der Waals surface area contributed by atoms with Gasteiger partial charge in [0, 0.05) is 25.2 Å². The standard InChI is InChI=1S/C18H20FN3O5S/c1-12-9-16(22(24)25)11-17(13(12)2)28(26,27)21-8-7-20-18(23)10-14-3-5-15(19)6-4-14/h3-6,9,11,21H,7-8,10H2,1-2H3,(H,20,23). The van der Waals surface area contributed by atoms with Crippen molar-refractivity contribution < 1.29 is 22.5 Å². The summed E-state index contributed by atoms with van der Waals surface area (Å²) in [5.41, 5.74) is 1.22. The molecule has 0 heterocycles. The fourth-order valence-corrected chi connectivity index (χ4v) is 3.87. The Balaban J connectivity index is 1.94. The number of hydrogen-bond acceptors (Lipinski definition) is 5. The zero-order chi connectivity index (χ0) is 20.9. The number of carbonyl (C=O) groups is 1. The van der Waals surface area contributed by atoms with Crippen LogP contribution in [0.5, 0.6) is 0 Å². The molecular weight excluding hydrogens is 389 g/mol. The summed E-state index contributed by atoms with van der Waals surface area (Å²) in [5, 5.41) is 13.5. The minimum atomic E-state index is -3.98. The smallest absolute Gasteiger partial charge is 0.271 e. The van der Waals surface area contributed by atoms with E-state index in [1.54, 1.807) is 13.8 Å². The topological polar surface area (TPSA) is 118 Å². The van der Waals surface area contributed by atoms with Gasteiger partial charge in [0.25, 0.3) is 5.69 Å². The number of sulfonamides is 1. The first kappa shape index (κ1) is 21.5. The molecule has 0 aromatic heterocycles. The molecule has 0 spiro atoms. The quantitative estimate of drug-likeness (QED) is 0.393. The Morgan fingerprint density at radius 2 is 1.79 bits per heavy atom. The first-order valence-electron chi connectivity index (χ1n) is 8.36. The Labute approximate surface area is 162 Å². The zero-order valence-corrected chi connectivity index (χ0v) is 16.2. The van der Waals surface area contributed by atoms with E-state index in [-0.39, 0.29) is 36.0 Å². The highest BCUT2D eigenvalue weighted by Gasteiger charge is 2.22. The second-order valence-corrected chi connectivity index (χ2v) is 7.93. The van der Waals surface area contributed by atoms with Crippen LogP contribution in [0.25, 0.3) is 0 Å². The van der Waals surface area contributed by atoms with Crippen LogP contribution in [0.4, 0.5) is 10.1 Å². The van der Waals surface area contributed by atoms with Crippen molar-refractivity contribution in [3.8, 4) is 0 Å². The van der Waals surface area contributed by atoms with E-state index in [0.717, 1.165) is 6.07 Å². The lowest BCUT2D eigenvalue weighted by Gasteiger charge is -2.12. The molecule has 0 radical (unpaired) electrons. The number of rotatable bonds is 8. The van der Waals surface area contributed by atoms with E-state index in [0.29, 0.717) is 16.7 Å². The van der Waals surface area contributed by atoms with E-state index < -0.39 is 20.8 Å². The van der Waals surface area contributed by atoms with Gasteiger partial charge >= 0.3 is 0 Å². The molecule has 1 amide bonds. The van der Waals surface area contributed by atoms with Gasteiger partial charge in [-0.2, -0.15) is 0 Å². The van der Waals surface area contributed by atoms with Crippen LogP contribution >= 0.6 is 0 Å². The third kappa shape index (κ3) is 5.57. The van der Waals surface area contributed by atoms with Gasteiger partial charge in [-0.15, -0.1) is 0 Å². The minimum absolute atomic E-state index is 0.0339. The third-order valence-electron chi connectivity index (χ3n) is 4.12. The van der Waals surface area contributed by atoms with Crippen molar-refractivity contribution in [2.45, 2.75) is 25.2 Å². The Kier molecular flexibility index (Phi) is 6.81. The summed E-state index contributed by atoms with van der Waals surface area (Å²) in [6.07, 6.45) is 0.0379. The number of carbonyl (C=O) groups excluding carboxylic acids is 1. The van der Waals surface area contributed by atoms with E-state index in [2.05, 4.69) is 10.0 Å². The first-order valence-corrected chi connectivity index (χ1v) is 9.85. The number of nitro benzene ring substituents is 1. The molecule has 0 aliphatic rings. The fraction of sp³-hybridized carbons (Fsp3) is 0.278. The fourth-order valence-electron chi connectivity index (χ4n) is 2.51. The number of benzene rings is 2. The molecule has 0 unspecified atom stereocenters. The number of nitro groups is 1. The van der Waals surface area contributed by atoms with Gasteiger partial charge in [-0.05, 0) is 42.7 Å². The molecule has 0 aliphatic carbocycles. The van der Waals surface area contributed by atoms with Crippen molar-refractivity contribution in [3.05, 3.63) is 69.0 Å². The molecule has 0 bridgehead atoms. The first-order chi connectivity index (χ1) is 13.1. The lowest BCUT2D eigenvalue weighted by Crippen LogP contribution is -2.35. The Morgan fingerprint density at radius 1 is 1.14 bits per heavy atom. The van der Waals surface area contributed by atoms with E-state index in [4.69, 9.17) is 0 Å². The van der Waals surface area contributed by atoms with Crippen LogP contribution in [0.3, 0.4) is 0 Å². The van der Waals surface area contributed by atoms with Crippen molar-refractivity contribution in [3.63, 3.8) is 0 Å². The SMILES string of the molecule is Cc1cc([N+](=O)[O-])cc(S(=O)(=O)NCCNC(=O)Cc2ccc(F)cc2)c1C. The molecule has 0 aliphatic heterocycles. The summed E-state index contributed by atoms with van der Waals surface area (Å²) < 4.78 is 40.1. The number of aryl methyl sites for hydroxylation is 1. The molecule has 2 aromatic carbocycles. The maximum absolute atomic E-state index is 12.8. The molecule has 8 nitrogen and oxygen atoms in total. The summed E-state index contributed by atoms with van der Waals surface area (Å²) >= 11 is 0. The van der Waals surface area contributed by atoms with Gasteiger partial charge in [0.1, 0.15) is 5.82 Å². The number of amides is 1. The number of halogens is 1. The molecule has 2 aromatic rings. The highest BCUT2D eigenvalue weighted by Crippen LogP contribution is 2.25. The molecule has 2 rings (SSSR count). The molecular formula is C18H20FN3O5S. The van der Waals surface area contributed by atoms with Crippen LogP contribution in [-0.4, -0.2) is 32.3 Å². The third-order valence-corrected chi connectivity index (χ3v) is 5.71. The van der Waals surface area contributed by atoms with Crippen molar-refractivity contribution in [1.29, 1.82) is 0 Å². The summed E-state index contributed by atoms with van der Waals surface area (Å²) in [4.78, 5) is 22.0. The molecule has 10 heteroatoms. The van der Waals surface area contributed by atoms with Crippen molar-refractivity contribution >= 4 is 21.6 Å². The van der Waals surface area contributed by atoms with Gasteiger partial charge in [-0.3, -0.25) is 14.9 Å². The van der Waals surface area contributed by atoms with Gasteiger partial charge in [0.15, 0.2) is 0 Å². The monoisotopic (exact) mass is 409 g/mol. The number of nitrogens with one attached hydrogen (secondary N) is 2. The molecule has 150 valence electrons. The second-order valence-electron chi connectivity index (χ2n) is 6.19. The van der Waals surface area contributed by atoms with E-state index in [1.165, 1.54) is 30.3 Å². The van der Waals surface area contributed by atoms with Crippen LogP contribution in [0.2, 0.25) is 0 Å². The van der Waals surface area contributed by atoms with Crippen molar-refractivity contribution in [2.24, 2.45) is 0 Å². The van der Waals surface area contributed by atoms with Gasteiger partial charge in [-0.25, -0.2) is 17.5 Å². The number of non-ortho nitro benzene ring substituents is 1. The van der Waals surface area contributed by atoms with Crippen LogP contribution < -0.4 is 10.0 Å². The van der Waals surface area contributed by atoms with Crippen molar-refractivity contribution in [2.75, 3.05) is 13.1 Å². The van der Waals surface area contributed by atoms with E-state index in [9.17, 15) is 27.7 Å². The molecule has 2 N–H and O–H groups in total. The molecule has 0 fully saturated rings. The van der Waals surface area contributed by atoms with Crippen LogP contribution in [0, 0.1) is 29.8 Å². The molecule has 0 atom stereocenters. The zero-order valence-electron chi connectivity index (χ0n) is 15.4.